The Hall–Kier alpha value is -7.48. The van der Waals surface area contributed by atoms with Crippen molar-refractivity contribution in [2.24, 2.45) is 0 Å². The van der Waals surface area contributed by atoms with Crippen LogP contribution in [0.25, 0.3) is 0 Å². The molecule has 402 valence electrons. The first-order valence-corrected chi connectivity index (χ1v) is 27.3. The minimum absolute atomic E-state index is 0.0268. The van der Waals surface area contributed by atoms with Crippen molar-refractivity contribution >= 4 is 46.8 Å². The number of hydrogen-bond donors (Lipinski definition) is 2. The number of anilines is 5. The van der Waals surface area contributed by atoms with Gasteiger partial charge in [0.15, 0.2) is 0 Å². The van der Waals surface area contributed by atoms with Gasteiger partial charge in [0.05, 0.1) is 6.42 Å². The van der Waals surface area contributed by atoms with Crippen molar-refractivity contribution in [1.82, 2.24) is 29.7 Å². The van der Waals surface area contributed by atoms with Crippen LogP contribution in [-0.4, -0.2) is 126 Å². The third-order valence-electron chi connectivity index (χ3n) is 14.3. The zero-order valence-electron chi connectivity index (χ0n) is 46.5. The number of aryl methyl sites for hydroxylation is 3. The van der Waals surface area contributed by atoms with Gasteiger partial charge in [0.25, 0.3) is 0 Å². The van der Waals surface area contributed by atoms with Crippen LogP contribution in [0.1, 0.15) is 105 Å². The summed E-state index contributed by atoms with van der Waals surface area (Å²) in [5.41, 5.74) is 10.1. The van der Waals surface area contributed by atoms with Gasteiger partial charge in [-0.15, -0.1) is 0 Å². The first kappa shape index (κ1) is 56.3. The Bertz CT molecular complexity index is 2610. The molecule has 3 saturated heterocycles. The molecule has 0 unspecified atom stereocenters. The van der Waals surface area contributed by atoms with E-state index in [0.29, 0.717) is 43.8 Å². The van der Waals surface area contributed by atoms with Crippen molar-refractivity contribution in [3.63, 3.8) is 0 Å². The number of hydrogen-bond acceptors (Lipinski definition) is 9. The summed E-state index contributed by atoms with van der Waals surface area (Å²) in [5, 5.41) is 6.01. The zero-order valence-corrected chi connectivity index (χ0v) is 46.5. The number of piperazine rings is 2. The lowest BCUT2D eigenvalue weighted by molar-refractivity contribution is -0.130. The number of carbonyl (C=O) groups is 3. The second kappa shape index (κ2) is 27.3. The van der Waals surface area contributed by atoms with E-state index in [-0.39, 0.29) is 18.0 Å². The summed E-state index contributed by atoms with van der Waals surface area (Å²) < 4.78 is 0. The Kier molecular flexibility index (Phi) is 20.2. The third-order valence-corrected chi connectivity index (χ3v) is 14.3. The van der Waals surface area contributed by atoms with Crippen molar-refractivity contribution in [3.05, 3.63) is 167 Å². The van der Waals surface area contributed by atoms with Gasteiger partial charge in [0, 0.05) is 109 Å². The number of nitrogens with one attached hydrogen (secondary N) is 2. The molecule has 2 N–H and O–H groups in total. The Morgan fingerprint density at radius 3 is 1.08 bits per heavy atom. The van der Waals surface area contributed by atoms with Crippen LogP contribution in [-0.2, 0) is 11.2 Å². The van der Waals surface area contributed by atoms with E-state index in [2.05, 4.69) is 161 Å². The van der Waals surface area contributed by atoms with E-state index in [9.17, 15) is 14.4 Å². The van der Waals surface area contributed by atoms with E-state index in [1.807, 2.05) is 84.4 Å². The Morgan fingerprint density at radius 1 is 0.408 bits per heavy atom. The van der Waals surface area contributed by atoms with Crippen LogP contribution < -0.4 is 25.3 Å². The van der Waals surface area contributed by atoms with Crippen molar-refractivity contribution in [1.29, 1.82) is 0 Å². The van der Waals surface area contributed by atoms with Crippen molar-refractivity contribution in [2.75, 3.05) is 104 Å². The van der Waals surface area contributed by atoms with Gasteiger partial charge in [0.2, 0.25) is 5.91 Å². The Balaban J connectivity index is 0.000000166. The second-order valence-electron chi connectivity index (χ2n) is 21.2. The van der Waals surface area contributed by atoms with Gasteiger partial charge in [-0.1, -0.05) is 108 Å². The predicted octanol–water partition coefficient (Wildman–Crippen LogP) is 11.5. The summed E-state index contributed by atoms with van der Waals surface area (Å²) in [6.07, 6.45) is 7.10. The van der Waals surface area contributed by atoms with Gasteiger partial charge in [-0.25, -0.2) is 24.5 Å². The summed E-state index contributed by atoms with van der Waals surface area (Å²) in [5.74, 6) is 4.70. The van der Waals surface area contributed by atoms with E-state index in [1.54, 1.807) is 0 Å². The molecule has 3 aliphatic heterocycles. The number of pyridine rings is 3. The summed E-state index contributed by atoms with van der Waals surface area (Å²) >= 11 is 0. The van der Waals surface area contributed by atoms with Crippen LogP contribution in [0.3, 0.4) is 0 Å². The molecular formula is C62H81N11O3. The Morgan fingerprint density at radius 2 is 0.737 bits per heavy atom. The maximum absolute atomic E-state index is 12.6. The first-order chi connectivity index (χ1) is 36.6. The highest BCUT2D eigenvalue weighted by atomic mass is 16.2. The maximum atomic E-state index is 12.6. The molecule has 0 radical (unpaired) electrons. The van der Waals surface area contributed by atoms with Crippen LogP contribution >= 0.6 is 0 Å². The van der Waals surface area contributed by atoms with Crippen LogP contribution in [0, 0.1) is 20.8 Å². The summed E-state index contributed by atoms with van der Waals surface area (Å²) in [6, 6.07) is 37.0. The van der Waals surface area contributed by atoms with Crippen LogP contribution in [0.15, 0.2) is 128 Å². The fraction of sp³-hybridized carbons (Fsp3) is 0.419. The number of carbonyl (C=O) groups excluding carboxylic acids is 3. The quantitative estimate of drug-likeness (QED) is 0.138. The highest BCUT2D eigenvalue weighted by Crippen LogP contribution is 2.22. The molecule has 3 aromatic heterocycles. The van der Waals surface area contributed by atoms with Gasteiger partial charge < -0.3 is 40.0 Å². The fourth-order valence-corrected chi connectivity index (χ4v) is 9.23. The van der Waals surface area contributed by atoms with Gasteiger partial charge in [-0.2, -0.15) is 0 Å². The molecule has 14 nitrogen and oxygen atoms in total. The highest BCUT2D eigenvalue weighted by Gasteiger charge is 2.24. The molecule has 6 heterocycles. The molecule has 0 aliphatic carbocycles. The lowest BCUT2D eigenvalue weighted by Crippen LogP contribution is -2.50. The molecule has 3 aliphatic rings. The molecule has 76 heavy (non-hydrogen) atoms. The van der Waals surface area contributed by atoms with Gasteiger partial charge >= 0.3 is 12.1 Å². The Labute approximate surface area is 452 Å². The molecule has 0 atom stereocenters. The molecule has 3 fully saturated rings. The van der Waals surface area contributed by atoms with Crippen LogP contribution in [0.5, 0.6) is 0 Å². The monoisotopic (exact) mass is 1030 g/mol. The lowest BCUT2D eigenvalue weighted by atomic mass is 10.0. The first-order valence-electron chi connectivity index (χ1n) is 27.3. The summed E-state index contributed by atoms with van der Waals surface area (Å²) in [7, 11) is 0. The number of amides is 5. The maximum Gasteiger partial charge on any atom is 0.321 e. The van der Waals surface area contributed by atoms with Crippen LogP contribution in [0.2, 0.25) is 0 Å². The van der Waals surface area contributed by atoms with Crippen molar-refractivity contribution < 1.29 is 14.4 Å². The molecule has 5 amide bonds. The predicted molar refractivity (Wildman–Crippen MR) is 311 cm³/mol. The van der Waals surface area contributed by atoms with Gasteiger partial charge in [0.1, 0.15) is 17.5 Å². The molecule has 3 aromatic carbocycles. The zero-order chi connectivity index (χ0) is 54.1. The molecule has 0 saturated carbocycles. The van der Waals surface area contributed by atoms with E-state index in [1.165, 1.54) is 22.3 Å². The molecule has 9 rings (SSSR count). The largest absolute Gasteiger partial charge is 0.355 e. The number of aromatic nitrogens is 3. The fourth-order valence-electron chi connectivity index (χ4n) is 9.23. The smallest absolute Gasteiger partial charge is 0.321 e. The number of urea groups is 2. The number of rotatable bonds is 10. The normalized spacial score (nSPS) is 14.9. The van der Waals surface area contributed by atoms with E-state index in [4.69, 9.17) is 0 Å². The molecule has 6 aromatic rings. The molecule has 0 bridgehead atoms. The third kappa shape index (κ3) is 16.5. The van der Waals surface area contributed by atoms with E-state index < -0.39 is 0 Å². The molecular weight excluding hydrogens is 947 g/mol. The minimum Gasteiger partial charge on any atom is -0.355 e. The number of benzene rings is 3. The van der Waals surface area contributed by atoms with Crippen LogP contribution in [0.4, 0.5) is 38.4 Å². The number of nitrogens with zero attached hydrogens (tertiary/aromatic N) is 9. The highest BCUT2D eigenvalue weighted by molar-refractivity contribution is 5.90. The SMILES string of the molecule is Cc1ccc(N2CCCN(C(=O)Nc3ccc(C(C)C)cc3)CC2)nc1.Cc1ccc(N2CCN(C(=O)Cc3ccc(C(C)C)cc3)CC2)nc1.Cc1ccc(N2CCN(C(=O)Nc3ccc(C(C)C)cc3)CC2)nc1. The molecule has 0 spiro atoms. The van der Waals surface area contributed by atoms with E-state index in [0.717, 1.165) is 111 Å². The minimum atomic E-state index is -0.0335. The second-order valence-corrected chi connectivity index (χ2v) is 21.2. The van der Waals surface area contributed by atoms with E-state index >= 15 is 0 Å². The molecule has 14 heteroatoms. The van der Waals surface area contributed by atoms with Gasteiger partial charge in [-0.05, 0) is 126 Å². The van der Waals surface area contributed by atoms with Gasteiger partial charge in [-0.3, -0.25) is 4.79 Å². The van der Waals surface area contributed by atoms with Crippen molar-refractivity contribution in [2.45, 2.75) is 92.9 Å². The average molecular weight is 1030 g/mol. The lowest BCUT2D eigenvalue weighted by Gasteiger charge is -2.35. The summed E-state index contributed by atoms with van der Waals surface area (Å²) in [6.45, 7) is 28.5. The topological polar surface area (TPSA) is 133 Å². The van der Waals surface area contributed by atoms with Crippen molar-refractivity contribution in [3.8, 4) is 0 Å². The standard InChI is InChI=1S/C21H28N4O.C21H27N3O.C20H26N4O/c1-16(2)18-6-8-19(9-7-18)23-21(26)25-12-4-11-24(13-14-25)20-10-5-17(3)15-22-20;1-16(2)19-7-5-18(6-8-19)14-21(25)24-12-10-23(11-13-24)20-9-4-17(3)15-22-20;1-15(2)17-5-7-18(8-6-17)22-20(25)24-12-10-23(11-13-24)19-9-4-16(3)14-21-19/h5-10,15-16H,4,11-14H2,1-3H3,(H,23,26);4-9,15-16H,10-14H2,1-3H3;4-9,14-15H,10-13H2,1-3H3,(H,22,25). The average Bonchev–Trinajstić information content (AvgIpc) is 3.69. The summed E-state index contributed by atoms with van der Waals surface area (Å²) in [4.78, 5) is 63.5.